The van der Waals surface area contributed by atoms with Crippen LogP contribution in [0.2, 0.25) is 10.0 Å². The van der Waals surface area contributed by atoms with Crippen LogP contribution in [0.25, 0.3) is 0 Å². The van der Waals surface area contributed by atoms with Crippen LogP contribution in [0.15, 0.2) is 79.4 Å². The highest BCUT2D eigenvalue weighted by Gasteiger charge is 2.34. The first-order valence-corrected chi connectivity index (χ1v) is 14.1. The Morgan fingerprint density at radius 2 is 1.59 bits per heavy atom. The Kier molecular flexibility index (Phi) is 8.97. The quantitative estimate of drug-likeness (QED) is 0.158. The van der Waals surface area contributed by atoms with Gasteiger partial charge in [-0.3, -0.25) is 4.58 Å². The number of nitrogens with one attached hydrogen (secondary N) is 1. The minimum atomic E-state index is -1.46. The van der Waals surface area contributed by atoms with Gasteiger partial charge < -0.3 is 19.6 Å². The number of hydrogen-bond donors (Lipinski definition) is 2. The van der Waals surface area contributed by atoms with Gasteiger partial charge in [-0.2, -0.15) is 5.10 Å². The molecule has 0 saturated carbocycles. The smallest absolute Gasteiger partial charge is 0.236 e. The zero-order valence-corrected chi connectivity index (χ0v) is 24.6. The summed E-state index contributed by atoms with van der Waals surface area (Å²) in [6, 6.07) is 21.5. The molecule has 1 aliphatic heterocycles. The van der Waals surface area contributed by atoms with Gasteiger partial charge in [0.05, 0.1) is 20.6 Å². The van der Waals surface area contributed by atoms with Gasteiger partial charge in [-0.25, -0.2) is 15.0 Å². The molecule has 1 aliphatic rings. The van der Waals surface area contributed by atoms with E-state index in [-0.39, 0.29) is 13.2 Å². The van der Waals surface area contributed by atoms with E-state index in [1.54, 1.807) is 29.2 Å². The second-order valence-corrected chi connectivity index (χ2v) is 11.1. The topological polar surface area (TPSA) is 81.7 Å². The normalized spacial score (nSPS) is 14.9. The van der Waals surface area contributed by atoms with E-state index in [2.05, 4.69) is 61.6 Å². The summed E-state index contributed by atoms with van der Waals surface area (Å²) in [6.45, 7) is 3.79. The van der Waals surface area contributed by atoms with Crippen LogP contribution in [0.5, 0.6) is 5.75 Å². The number of benzene rings is 3. The fourth-order valence-corrected chi connectivity index (χ4v) is 5.39. The molecule has 1 saturated heterocycles. The van der Waals surface area contributed by atoms with Gasteiger partial charge >= 0.3 is 0 Å². The van der Waals surface area contributed by atoms with E-state index in [4.69, 9.17) is 27.9 Å². The molecule has 0 bridgehead atoms. The van der Waals surface area contributed by atoms with Gasteiger partial charge in [0.25, 0.3) is 0 Å². The summed E-state index contributed by atoms with van der Waals surface area (Å²) in [5.74, 6) is 0.648. The number of rotatable bonds is 10. The fourth-order valence-electron chi connectivity index (χ4n) is 4.81. The van der Waals surface area contributed by atoms with Crippen LogP contribution < -0.4 is 19.9 Å². The van der Waals surface area contributed by atoms with Crippen molar-refractivity contribution >= 4 is 46.6 Å². The highest BCUT2D eigenvalue weighted by molar-refractivity contribution is 6.35. The van der Waals surface area contributed by atoms with E-state index in [9.17, 15) is 5.11 Å². The molecule has 5 rings (SSSR count). The number of nitrogens with zero attached hydrogens (tertiary/aromatic N) is 6. The molecule has 11 heteroatoms. The number of hydrogen-bond acceptors (Lipinski definition) is 6. The molecule has 1 unspecified atom stereocenters. The molecule has 1 fully saturated rings. The van der Waals surface area contributed by atoms with Crippen LogP contribution in [0.4, 0.5) is 17.1 Å². The average molecular weight is 596 g/mol. The van der Waals surface area contributed by atoms with Gasteiger partial charge in [0.2, 0.25) is 6.34 Å². The molecular formula is C30H34Cl2N7O2+. The molecule has 2 N–H and O–H groups in total. The van der Waals surface area contributed by atoms with Gasteiger partial charge in [-0.1, -0.05) is 29.3 Å². The molecule has 9 nitrogen and oxygen atoms in total. The zero-order chi connectivity index (χ0) is 28.8. The molecule has 3 aromatic carbocycles. The Hall–Kier alpha value is -3.79. The number of ether oxygens (including phenoxy) is 1. The van der Waals surface area contributed by atoms with Crippen molar-refractivity contribution in [2.45, 2.75) is 12.1 Å². The second-order valence-electron chi connectivity index (χ2n) is 10.3. The summed E-state index contributed by atoms with van der Waals surface area (Å²) in [5, 5.41) is 19.9. The van der Waals surface area contributed by atoms with Crippen LogP contribution >= 0.6 is 23.2 Å². The van der Waals surface area contributed by atoms with Gasteiger partial charge in [0, 0.05) is 53.2 Å². The first-order valence-electron chi connectivity index (χ1n) is 13.4. The lowest BCUT2D eigenvalue weighted by atomic mass is 9.94. The molecule has 41 heavy (non-hydrogen) atoms. The minimum absolute atomic E-state index is 0.0340. The Bertz CT molecular complexity index is 1450. The monoisotopic (exact) mass is 594 g/mol. The van der Waals surface area contributed by atoms with Crippen LogP contribution in [0.1, 0.15) is 5.56 Å². The van der Waals surface area contributed by atoms with Gasteiger partial charge in [0.15, 0.2) is 0 Å². The van der Waals surface area contributed by atoms with Crippen molar-refractivity contribution in [3.8, 4) is 5.75 Å². The van der Waals surface area contributed by atoms with E-state index in [1.807, 2.05) is 37.1 Å². The summed E-state index contributed by atoms with van der Waals surface area (Å²) >= 11 is 12.6. The third-order valence-corrected chi connectivity index (χ3v) is 7.55. The highest BCUT2D eigenvalue weighted by atomic mass is 35.5. The van der Waals surface area contributed by atoms with Crippen LogP contribution in [0.3, 0.4) is 0 Å². The number of aromatic nitrogens is 3. The first-order chi connectivity index (χ1) is 19.8. The molecule has 0 amide bonds. The Labute approximate surface area is 250 Å². The van der Waals surface area contributed by atoms with Gasteiger partial charge in [-0.05, 0) is 60.7 Å². The molecule has 0 radical (unpaired) electrons. The minimum Gasteiger partial charge on any atom is -0.490 e. The van der Waals surface area contributed by atoms with E-state index in [0.717, 1.165) is 37.6 Å². The van der Waals surface area contributed by atoms with Gasteiger partial charge in [-0.15, -0.1) is 0 Å². The summed E-state index contributed by atoms with van der Waals surface area (Å²) in [7, 11) is 3.98. The van der Waals surface area contributed by atoms with Gasteiger partial charge in [0.1, 0.15) is 36.3 Å². The Morgan fingerprint density at radius 3 is 2.15 bits per heavy atom. The van der Waals surface area contributed by atoms with Crippen LogP contribution in [-0.4, -0.2) is 77.7 Å². The van der Waals surface area contributed by atoms with E-state index in [1.165, 1.54) is 12.0 Å². The first kappa shape index (κ1) is 28.7. The third kappa shape index (κ3) is 7.30. The molecule has 1 atom stereocenters. The maximum atomic E-state index is 11.7. The summed E-state index contributed by atoms with van der Waals surface area (Å²) < 4.78 is 9.60. The van der Waals surface area contributed by atoms with E-state index >= 15 is 0 Å². The standard InChI is InChI=1S/C30H33Cl2N7O2/c1-36(2)22-34-24-4-6-25(7-5-24)37-13-15-38(16-14-37)26-8-10-27(11-9-26)41-19-30(40,18-39-21-33-20-35-39)28-12-3-23(31)17-29(28)32/h3-12,17,20-22,40H,13-16,18-19H2,1-2H3/p+1. The number of piperazine rings is 1. The lowest BCUT2D eigenvalue weighted by molar-refractivity contribution is -0.459. The number of halogens is 2. The second kappa shape index (κ2) is 12.8. The molecular weight excluding hydrogens is 561 g/mol. The molecule has 214 valence electrons. The predicted octanol–water partition coefficient (Wildman–Crippen LogP) is 4.59. The fraction of sp³-hybridized carbons (Fsp3) is 0.300. The average Bonchev–Trinajstić information content (AvgIpc) is 3.48. The SMILES string of the molecule is C[N+](C)=CNc1ccc(N2CCN(c3ccc(OCC(O)(Cn4cncn4)c4ccc(Cl)cc4Cl)cc3)CC2)cc1. The predicted molar refractivity (Wildman–Crippen MR) is 165 cm³/mol. The van der Waals surface area contributed by atoms with E-state index in [0.29, 0.717) is 21.4 Å². The summed E-state index contributed by atoms with van der Waals surface area (Å²) in [6.07, 6.45) is 4.89. The maximum Gasteiger partial charge on any atom is 0.236 e. The Balaban J connectivity index is 1.19. The Morgan fingerprint density at radius 1 is 0.951 bits per heavy atom. The summed E-state index contributed by atoms with van der Waals surface area (Å²) in [5.41, 5.74) is 2.48. The highest BCUT2D eigenvalue weighted by Crippen LogP contribution is 2.33. The van der Waals surface area contributed by atoms with Crippen molar-refractivity contribution in [2.75, 3.05) is 62.0 Å². The van der Waals surface area contributed by atoms with Crippen molar-refractivity contribution in [3.63, 3.8) is 0 Å². The van der Waals surface area contributed by atoms with Crippen molar-refractivity contribution in [1.29, 1.82) is 0 Å². The molecule has 4 aromatic rings. The molecule has 2 heterocycles. The van der Waals surface area contributed by atoms with Crippen LogP contribution in [-0.2, 0) is 12.1 Å². The number of anilines is 3. The van der Waals surface area contributed by atoms with Crippen molar-refractivity contribution < 1.29 is 14.4 Å². The van der Waals surface area contributed by atoms with Crippen molar-refractivity contribution in [1.82, 2.24) is 14.8 Å². The number of aliphatic hydroxyl groups is 1. The maximum absolute atomic E-state index is 11.7. The summed E-state index contributed by atoms with van der Waals surface area (Å²) in [4.78, 5) is 8.76. The largest absolute Gasteiger partial charge is 0.490 e. The van der Waals surface area contributed by atoms with Crippen LogP contribution in [0, 0.1) is 0 Å². The molecule has 0 aliphatic carbocycles. The van der Waals surface area contributed by atoms with E-state index < -0.39 is 5.60 Å². The third-order valence-electron chi connectivity index (χ3n) is 7.00. The molecule has 1 aromatic heterocycles. The lowest BCUT2D eigenvalue weighted by Gasteiger charge is -2.37. The molecule has 0 spiro atoms. The van der Waals surface area contributed by atoms with Crippen molar-refractivity contribution in [2.24, 2.45) is 0 Å². The zero-order valence-electron chi connectivity index (χ0n) is 23.1. The lowest BCUT2D eigenvalue weighted by Crippen LogP contribution is -2.46. The van der Waals surface area contributed by atoms with Crippen molar-refractivity contribution in [3.05, 3.63) is 95.0 Å².